The van der Waals surface area contributed by atoms with Crippen LogP contribution in [0.25, 0.3) is 0 Å². The van der Waals surface area contributed by atoms with E-state index in [1.54, 1.807) is 0 Å². The summed E-state index contributed by atoms with van der Waals surface area (Å²) in [5, 5.41) is 0. The van der Waals surface area contributed by atoms with Crippen LogP contribution in [0.5, 0.6) is 0 Å². The maximum atomic E-state index is 12.6. The Hall–Kier alpha value is -1.61. The summed E-state index contributed by atoms with van der Waals surface area (Å²) in [5.74, 6) is 0.0320. The van der Waals surface area contributed by atoms with Crippen molar-refractivity contribution in [2.24, 2.45) is 0 Å². The number of rotatable bonds is 35. The lowest BCUT2D eigenvalue weighted by atomic mass is 10.0. The van der Waals surface area contributed by atoms with Gasteiger partial charge in [0, 0.05) is 19.0 Å². The molecule has 0 aliphatic carbocycles. The van der Waals surface area contributed by atoms with Crippen molar-refractivity contribution in [3.63, 3.8) is 0 Å². The molecule has 0 aromatic heterocycles. The highest BCUT2D eigenvalue weighted by Crippen LogP contribution is 2.20. The number of esters is 1. The minimum atomic E-state index is 0.0320. The zero-order valence-corrected chi connectivity index (χ0v) is 31.8. The second-order valence-corrected chi connectivity index (χ2v) is 14.3. The standard InChI is InChI=1S/C44H79NO2/c1-4-6-8-10-12-14-16-18-20-22-24-26-28-30-32-34-37-43(47-44(46)39-36-40-45-41-42(45)3)38-35-33-31-29-27-25-23-21-19-17-15-13-11-9-7-5-2/h12-15,18-21,42-43H,4-11,16-17,22-41H2,1-3H3/b14-12-,15-13-,20-18-,21-19-. The molecule has 2 atom stereocenters. The molecule has 47 heavy (non-hydrogen) atoms. The van der Waals surface area contributed by atoms with E-state index in [0.29, 0.717) is 12.5 Å². The second-order valence-electron chi connectivity index (χ2n) is 14.3. The van der Waals surface area contributed by atoms with Crippen molar-refractivity contribution in [3.8, 4) is 0 Å². The van der Waals surface area contributed by atoms with Crippen LogP contribution in [0.2, 0.25) is 0 Å². The van der Waals surface area contributed by atoms with Crippen LogP contribution in [0, 0.1) is 0 Å². The maximum Gasteiger partial charge on any atom is 0.306 e. The van der Waals surface area contributed by atoms with Gasteiger partial charge in [0.05, 0.1) is 0 Å². The molecule has 0 N–H and O–H groups in total. The van der Waals surface area contributed by atoms with Crippen LogP contribution in [0.3, 0.4) is 0 Å². The summed E-state index contributed by atoms with van der Waals surface area (Å²) in [6.07, 6.45) is 53.0. The fraction of sp³-hybridized carbons (Fsp3) is 0.795. The van der Waals surface area contributed by atoms with E-state index in [9.17, 15) is 4.79 Å². The van der Waals surface area contributed by atoms with Gasteiger partial charge in [0.15, 0.2) is 0 Å². The van der Waals surface area contributed by atoms with Crippen LogP contribution in [-0.4, -0.2) is 36.1 Å². The number of hydrogen-bond donors (Lipinski definition) is 0. The Balaban J connectivity index is 2.12. The summed E-state index contributed by atoms with van der Waals surface area (Å²) in [5.41, 5.74) is 0. The minimum Gasteiger partial charge on any atom is -0.462 e. The molecule has 0 radical (unpaired) electrons. The first kappa shape index (κ1) is 43.4. The second kappa shape index (κ2) is 34.3. The third-order valence-electron chi connectivity index (χ3n) is 9.57. The van der Waals surface area contributed by atoms with E-state index < -0.39 is 0 Å². The molecule has 1 rings (SSSR count). The summed E-state index contributed by atoms with van der Waals surface area (Å²) in [6.45, 7) is 9.02. The van der Waals surface area contributed by atoms with E-state index in [1.807, 2.05) is 0 Å². The number of allylic oxidation sites excluding steroid dienone is 8. The van der Waals surface area contributed by atoms with Crippen molar-refractivity contribution < 1.29 is 9.53 Å². The first-order valence-electron chi connectivity index (χ1n) is 20.7. The molecular formula is C44H79NO2. The Morgan fingerprint density at radius 1 is 0.574 bits per heavy atom. The zero-order chi connectivity index (χ0) is 33.9. The van der Waals surface area contributed by atoms with Crippen LogP contribution in [-0.2, 0) is 9.53 Å². The molecule has 1 aliphatic heterocycles. The van der Waals surface area contributed by atoms with Crippen molar-refractivity contribution in [1.29, 1.82) is 0 Å². The number of carbonyl (C=O) groups is 1. The van der Waals surface area contributed by atoms with Gasteiger partial charge in [-0.3, -0.25) is 9.69 Å². The summed E-state index contributed by atoms with van der Waals surface area (Å²) in [4.78, 5) is 15.1. The average Bonchev–Trinajstić information content (AvgIpc) is 3.78. The van der Waals surface area contributed by atoms with E-state index >= 15 is 0 Å². The fourth-order valence-electron chi connectivity index (χ4n) is 6.26. The lowest BCUT2D eigenvalue weighted by molar-refractivity contribution is -0.150. The molecule has 3 nitrogen and oxygen atoms in total. The van der Waals surface area contributed by atoms with Crippen molar-refractivity contribution in [2.45, 2.75) is 213 Å². The van der Waals surface area contributed by atoms with Crippen molar-refractivity contribution in [2.75, 3.05) is 13.1 Å². The minimum absolute atomic E-state index is 0.0320. The topological polar surface area (TPSA) is 29.3 Å². The van der Waals surface area contributed by atoms with E-state index in [0.717, 1.165) is 38.6 Å². The molecule has 0 aromatic rings. The van der Waals surface area contributed by atoms with Gasteiger partial charge < -0.3 is 4.74 Å². The SMILES string of the molecule is CCCCC/C=C\C/C=C\CCCCCCCCC(CCCCCCCC/C=C\C/C=C\CCCCC)OC(=O)CCCN1CC1C. The molecule has 1 fully saturated rings. The molecule has 0 saturated carbocycles. The Morgan fingerprint density at radius 2 is 0.957 bits per heavy atom. The van der Waals surface area contributed by atoms with E-state index in [2.05, 4.69) is 74.3 Å². The molecule has 3 heteroatoms. The van der Waals surface area contributed by atoms with Crippen molar-refractivity contribution in [1.82, 2.24) is 4.90 Å². The third-order valence-corrected chi connectivity index (χ3v) is 9.57. The van der Waals surface area contributed by atoms with Gasteiger partial charge in [-0.15, -0.1) is 0 Å². The Morgan fingerprint density at radius 3 is 1.36 bits per heavy atom. The summed E-state index contributed by atoms with van der Waals surface area (Å²) in [6, 6.07) is 0.714. The number of unbranched alkanes of at least 4 members (excludes halogenated alkanes) is 18. The Kier molecular flexibility index (Phi) is 31.6. The smallest absolute Gasteiger partial charge is 0.306 e. The summed E-state index contributed by atoms with van der Waals surface area (Å²) < 4.78 is 6.05. The molecule has 0 spiro atoms. The van der Waals surface area contributed by atoms with Crippen LogP contribution < -0.4 is 0 Å². The van der Waals surface area contributed by atoms with Gasteiger partial charge in [-0.2, -0.15) is 0 Å². The monoisotopic (exact) mass is 654 g/mol. The molecule has 0 aromatic carbocycles. The molecular weight excluding hydrogens is 574 g/mol. The highest BCUT2D eigenvalue weighted by molar-refractivity contribution is 5.69. The van der Waals surface area contributed by atoms with E-state index in [1.165, 1.54) is 148 Å². The van der Waals surface area contributed by atoms with E-state index in [-0.39, 0.29) is 12.1 Å². The molecule has 2 unspecified atom stereocenters. The summed E-state index contributed by atoms with van der Waals surface area (Å²) in [7, 11) is 0. The van der Waals surface area contributed by atoms with Gasteiger partial charge in [-0.05, 0) is 110 Å². The lowest BCUT2D eigenvalue weighted by Crippen LogP contribution is -2.19. The van der Waals surface area contributed by atoms with Crippen LogP contribution in [0.1, 0.15) is 201 Å². The number of nitrogens with zero attached hydrogens (tertiary/aromatic N) is 1. The van der Waals surface area contributed by atoms with Crippen LogP contribution in [0.15, 0.2) is 48.6 Å². The normalized spacial score (nSPS) is 16.6. The quantitative estimate of drug-likeness (QED) is 0.0295. The van der Waals surface area contributed by atoms with Crippen molar-refractivity contribution >= 4 is 5.97 Å². The fourth-order valence-corrected chi connectivity index (χ4v) is 6.26. The first-order valence-corrected chi connectivity index (χ1v) is 20.7. The maximum absolute atomic E-state index is 12.6. The van der Waals surface area contributed by atoms with Gasteiger partial charge in [0.1, 0.15) is 6.10 Å². The molecule has 272 valence electrons. The lowest BCUT2D eigenvalue weighted by Gasteiger charge is -2.18. The highest BCUT2D eigenvalue weighted by Gasteiger charge is 2.28. The number of hydrogen-bond acceptors (Lipinski definition) is 3. The highest BCUT2D eigenvalue weighted by atomic mass is 16.5. The average molecular weight is 654 g/mol. The summed E-state index contributed by atoms with van der Waals surface area (Å²) >= 11 is 0. The van der Waals surface area contributed by atoms with Gasteiger partial charge >= 0.3 is 5.97 Å². The zero-order valence-electron chi connectivity index (χ0n) is 31.8. The molecule has 1 aliphatic rings. The number of carbonyl (C=O) groups excluding carboxylic acids is 1. The Labute approximate surface area is 294 Å². The predicted octanol–water partition coefficient (Wildman–Crippen LogP) is 13.8. The number of ether oxygens (including phenoxy) is 1. The Bertz CT molecular complexity index is 749. The molecule has 0 amide bonds. The first-order chi connectivity index (χ1) is 23.2. The van der Waals surface area contributed by atoms with E-state index in [4.69, 9.17) is 4.74 Å². The predicted molar refractivity (Wildman–Crippen MR) is 208 cm³/mol. The largest absolute Gasteiger partial charge is 0.462 e. The van der Waals surface area contributed by atoms with Gasteiger partial charge in [-0.25, -0.2) is 0 Å². The van der Waals surface area contributed by atoms with Gasteiger partial charge in [0.25, 0.3) is 0 Å². The third kappa shape index (κ3) is 31.4. The molecule has 1 heterocycles. The van der Waals surface area contributed by atoms with Crippen LogP contribution in [0.4, 0.5) is 0 Å². The van der Waals surface area contributed by atoms with Gasteiger partial charge in [0.2, 0.25) is 0 Å². The van der Waals surface area contributed by atoms with Crippen LogP contribution >= 0.6 is 0 Å². The van der Waals surface area contributed by atoms with Gasteiger partial charge in [-0.1, -0.05) is 140 Å². The molecule has 1 saturated heterocycles. The van der Waals surface area contributed by atoms with Crippen molar-refractivity contribution in [3.05, 3.63) is 48.6 Å². The molecule has 0 bridgehead atoms.